The summed E-state index contributed by atoms with van der Waals surface area (Å²) in [5, 5.41) is 5.17. The fourth-order valence-corrected chi connectivity index (χ4v) is 10.2. The van der Waals surface area contributed by atoms with Gasteiger partial charge in [-0.3, -0.25) is 0 Å². The molecule has 0 N–H and O–H groups in total. The van der Waals surface area contributed by atoms with Crippen LogP contribution in [0.2, 0.25) is 0 Å². The normalized spacial score (nSPS) is 12.4. The van der Waals surface area contributed by atoms with Crippen molar-refractivity contribution in [1.29, 1.82) is 0 Å². The predicted molar refractivity (Wildman–Crippen MR) is 227 cm³/mol. The Hall–Kier alpha value is -6.27. The van der Waals surface area contributed by atoms with Gasteiger partial charge in [-0.25, -0.2) is 0 Å². The van der Waals surface area contributed by atoms with E-state index in [2.05, 4.69) is 202 Å². The average Bonchev–Trinajstić information content (AvgIpc) is 3.76. The minimum absolute atomic E-state index is 1.11. The van der Waals surface area contributed by atoms with Crippen LogP contribution in [0, 0.1) is 0 Å². The van der Waals surface area contributed by atoms with Gasteiger partial charge in [-0.1, -0.05) is 103 Å². The lowest BCUT2D eigenvalue weighted by Gasteiger charge is -2.34. The molecule has 250 valence electrons. The zero-order valence-corrected chi connectivity index (χ0v) is 30.2. The smallest absolute Gasteiger partial charge is 0.0603 e. The minimum Gasteiger partial charge on any atom is -0.310 e. The number of hydrogen-bond donors (Lipinski definition) is 0. The third kappa shape index (κ3) is 4.89. The zero-order chi connectivity index (χ0) is 34.9. The lowest BCUT2D eigenvalue weighted by atomic mass is 10.1. The summed E-state index contributed by atoms with van der Waals surface area (Å²) >= 11 is 3.71. The van der Waals surface area contributed by atoms with E-state index in [1.807, 2.05) is 23.1 Å². The summed E-state index contributed by atoms with van der Waals surface area (Å²) in [6.07, 6.45) is 0. The van der Waals surface area contributed by atoms with Crippen LogP contribution >= 0.6 is 23.1 Å². The SMILES string of the molecule is c1ccc(N(c2ccc(-n3c4ccccc4c4ccccc43)cc2)c2ccc3c(c2)Sc2ccccc2N3c2ccc3c(c2)sc2ccccc23)cc1. The summed E-state index contributed by atoms with van der Waals surface area (Å²) in [5.41, 5.74) is 10.5. The number of rotatable bonds is 5. The molecule has 3 nitrogen and oxygen atoms in total. The molecule has 0 atom stereocenters. The first kappa shape index (κ1) is 30.4. The molecule has 0 fully saturated rings. The van der Waals surface area contributed by atoms with Gasteiger partial charge < -0.3 is 14.4 Å². The summed E-state index contributed by atoms with van der Waals surface area (Å²) < 4.78 is 5.00. The molecule has 0 saturated heterocycles. The number of benzene rings is 8. The van der Waals surface area contributed by atoms with Crippen LogP contribution in [0.15, 0.2) is 198 Å². The Kier molecular flexibility index (Phi) is 6.97. The van der Waals surface area contributed by atoms with Crippen LogP contribution in [-0.2, 0) is 0 Å². The average molecular weight is 714 g/mol. The van der Waals surface area contributed by atoms with E-state index in [-0.39, 0.29) is 0 Å². The van der Waals surface area contributed by atoms with Crippen LogP contribution in [0.25, 0.3) is 47.7 Å². The Labute approximate surface area is 315 Å². The zero-order valence-electron chi connectivity index (χ0n) is 28.6. The van der Waals surface area contributed by atoms with E-state index >= 15 is 0 Å². The van der Waals surface area contributed by atoms with Crippen LogP contribution in [0.3, 0.4) is 0 Å². The van der Waals surface area contributed by atoms with Gasteiger partial charge in [0.05, 0.1) is 22.4 Å². The first-order valence-electron chi connectivity index (χ1n) is 17.8. The van der Waals surface area contributed by atoms with Gasteiger partial charge in [0.1, 0.15) is 0 Å². The van der Waals surface area contributed by atoms with Crippen molar-refractivity contribution in [3.63, 3.8) is 0 Å². The molecule has 0 bridgehead atoms. The van der Waals surface area contributed by atoms with E-state index in [1.54, 1.807) is 0 Å². The fourth-order valence-electron chi connectivity index (χ4n) is 7.99. The maximum atomic E-state index is 2.43. The number of hydrogen-bond acceptors (Lipinski definition) is 4. The van der Waals surface area contributed by atoms with Crippen molar-refractivity contribution in [1.82, 2.24) is 4.57 Å². The van der Waals surface area contributed by atoms with E-state index in [4.69, 9.17) is 0 Å². The molecule has 1 aliphatic rings. The minimum atomic E-state index is 1.11. The van der Waals surface area contributed by atoms with Gasteiger partial charge in [-0.05, 0) is 97.1 Å². The Morgan fingerprint density at radius 1 is 0.377 bits per heavy atom. The Balaban J connectivity index is 1.03. The summed E-state index contributed by atoms with van der Waals surface area (Å²) in [6, 6.07) is 68.4. The second-order valence-corrected chi connectivity index (χ2v) is 15.6. The maximum absolute atomic E-state index is 2.43. The number of thiophene rings is 1. The van der Waals surface area contributed by atoms with Crippen molar-refractivity contribution in [2.24, 2.45) is 0 Å². The van der Waals surface area contributed by atoms with Gasteiger partial charge in [0, 0.05) is 69.2 Å². The molecule has 11 rings (SSSR count). The van der Waals surface area contributed by atoms with Crippen LogP contribution in [0.5, 0.6) is 0 Å². The maximum Gasteiger partial charge on any atom is 0.0603 e. The lowest BCUT2D eigenvalue weighted by molar-refractivity contribution is 1.15. The topological polar surface area (TPSA) is 11.4 Å². The summed E-state index contributed by atoms with van der Waals surface area (Å²) in [4.78, 5) is 7.27. The standard InChI is InChI=1S/C48H31N3S2/c1-2-12-32(13-3-1)49(33-22-24-34(25-23-33)50-41-17-7-4-14-37(41)38-15-5-8-18-42(38)50)35-27-29-44-48(31-35)53-46-21-11-9-19-43(46)51(44)36-26-28-40-39-16-6-10-20-45(39)52-47(40)30-36/h1-31H. The molecule has 0 spiro atoms. The third-order valence-corrected chi connectivity index (χ3v) is 12.6. The van der Waals surface area contributed by atoms with E-state index in [0.29, 0.717) is 0 Å². The molecular weight excluding hydrogens is 683 g/mol. The van der Waals surface area contributed by atoms with Crippen LogP contribution in [0.4, 0.5) is 34.1 Å². The Morgan fingerprint density at radius 2 is 0.962 bits per heavy atom. The molecule has 2 aromatic heterocycles. The molecule has 1 aliphatic heterocycles. The molecule has 53 heavy (non-hydrogen) atoms. The molecule has 0 saturated carbocycles. The van der Waals surface area contributed by atoms with E-state index in [9.17, 15) is 0 Å². The molecule has 0 amide bonds. The Morgan fingerprint density at radius 3 is 1.75 bits per heavy atom. The highest BCUT2D eigenvalue weighted by Gasteiger charge is 2.27. The van der Waals surface area contributed by atoms with E-state index < -0.39 is 0 Å². The number of aromatic nitrogens is 1. The van der Waals surface area contributed by atoms with Gasteiger partial charge >= 0.3 is 0 Å². The molecule has 10 aromatic rings. The quantitative estimate of drug-likeness (QED) is 0.176. The van der Waals surface area contributed by atoms with Gasteiger partial charge in [0.15, 0.2) is 0 Å². The summed E-state index contributed by atoms with van der Waals surface area (Å²) in [5.74, 6) is 0. The van der Waals surface area contributed by atoms with Crippen molar-refractivity contribution < 1.29 is 0 Å². The van der Waals surface area contributed by atoms with E-state index in [0.717, 1.165) is 22.7 Å². The molecule has 3 heterocycles. The van der Waals surface area contributed by atoms with Crippen molar-refractivity contribution >= 4 is 99.2 Å². The lowest BCUT2D eigenvalue weighted by Crippen LogP contribution is -2.16. The largest absolute Gasteiger partial charge is 0.310 e. The molecule has 0 unspecified atom stereocenters. The van der Waals surface area contributed by atoms with Crippen molar-refractivity contribution in [2.45, 2.75) is 9.79 Å². The van der Waals surface area contributed by atoms with Crippen molar-refractivity contribution in [3.05, 3.63) is 188 Å². The second-order valence-electron chi connectivity index (χ2n) is 13.4. The van der Waals surface area contributed by atoms with Crippen molar-refractivity contribution in [2.75, 3.05) is 9.80 Å². The number of para-hydroxylation sites is 4. The van der Waals surface area contributed by atoms with Gasteiger partial charge in [0.25, 0.3) is 0 Å². The summed E-state index contributed by atoms with van der Waals surface area (Å²) in [7, 11) is 0. The molecule has 5 heteroatoms. The molecular formula is C48H31N3S2. The predicted octanol–water partition coefficient (Wildman–Crippen LogP) is 14.6. The summed E-state index contributed by atoms with van der Waals surface area (Å²) in [6.45, 7) is 0. The number of anilines is 6. The van der Waals surface area contributed by atoms with Gasteiger partial charge in [0.2, 0.25) is 0 Å². The first-order valence-corrected chi connectivity index (χ1v) is 19.5. The van der Waals surface area contributed by atoms with Gasteiger partial charge in [-0.15, -0.1) is 11.3 Å². The first-order chi connectivity index (χ1) is 26.3. The van der Waals surface area contributed by atoms with Crippen LogP contribution < -0.4 is 9.80 Å². The van der Waals surface area contributed by atoms with E-state index in [1.165, 1.54) is 68.8 Å². The monoisotopic (exact) mass is 713 g/mol. The third-order valence-electron chi connectivity index (χ3n) is 10.3. The van der Waals surface area contributed by atoms with Gasteiger partial charge in [-0.2, -0.15) is 0 Å². The fraction of sp³-hybridized carbons (Fsp3) is 0. The van der Waals surface area contributed by atoms with Crippen molar-refractivity contribution in [3.8, 4) is 5.69 Å². The van der Waals surface area contributed by atoms with Crippen LogP contribution in [0.1, 0.15) is 0 Å². The highest BCUT2D eigenvalue weighted by atomic mass is 32.2. The second kappa shape index (κ2) is 12.2. The Bertz CT molecular complexity index is 2940. The highest BCUT2D eigenvalue weighted by Crippen LogP contribution is 2.53. The number of fused-ring (bicyclic) bond motifs is 8. The van der Waals surface area contributed by atoms with Crippen LogP contribution in [-0.4, -0.2) is 4.57 Å². The molecule has 0 aliphatic carbocycles. The number of nitrogens with zero attached hydrogens (tertiary/aromatic N) is 3. The molecule has 8 aromatic carbocycles. The molecule has 0 radical (unpaired) electrons. The highest BCUT2D eigenvalue weighted by molar-refractivity contribution is 7.99.